The number of rotatable bonds is 5. The van der Waals surface area contributed by atoms with E-state index in [2.05, 4.69) is 22.3 Å². The fraction of sp³-hybridized carbons (Fsp3) is 0.500. The van der Waals surface area contributed by atoms with Crippen molar-refractivity contribution in [3.63, 3.8) is 0 Å². The van der Waals surface area contributed by atoms with Gasteiger partial charge >= 0.3 is 0 Å². The molecule has 1 N–H and O–H groups in total. The maximum atomic E-state index is 14.3. The van der Waals surface area contributed by atoms with Gasteiger partial charge < -0.3 is 14.7 Å². The number of carbonyl (C=O) groups is 1. The number of aromatic nitrogens is 1. The van der Waals surface area contributed by atoms with E-state index in [0.29, 0.717) is 11.7 Å². The van der Waals surface area contributed by atoms with Gasteiger partial charge in [-0.25, -0.2) is 4.39 Å². The second-order valence-corrected chi connectivity index (χ2v) is 7.85. The van der Waals surface area contributed by atoms with Crippen LogP contribution < -0.4 is 5.32 Å². The van der Waals surface area contributed by atoms with Crippen molar-refractivity contribution in [1.82, 2.24) is 15.4 Å². The molecule has 0 spiro atoms. The molecule has 2 unspecified atom stereocenters. The number of carbonyl (C=O) groups excluding carboxylic acids is 1. The van der Waals surface area contributed by atoms with E-state index < -0.39 is 5.82 Å². The van der Waals surface area contributed by atoms with E-state index in [1.54, 1.807) is 13.0 Å². The van der Waals surface area contributed by atoms with E-state index in [-0.39, 0.29) is 33.8 Å². The van der Waals surface area contributed by atoms with Crippen LogP contribution in [-0.4, -0.2) is 41.6 Å². The summed E-state index contributed by atoms with van der Waals surface area (Å²) in [5, 5.41) is 7.07. The van der Waals surface area contributed by atoms with Crippen LogP contribution >= 0.6 is 11.6 Å². The molecule has 146 valence electrons. The predicted octanol–water partition coefficient (Wildman–Crippen LogP) is 4.29. The maximum absolute atomic E-state index is 14.3. The number of halogens is 2. The van der Waals surface area contributed by atoms with Crippen molar-refractivity contribution >= 4 is 17.5 Å². The van der Waals surface area contributed by atoms with Crippen LogP contribution in [0.15, 0.2) is 22.7 Å². The van der Waals surface area contributed by atoms with Gasteiger partial charge in [0.25, 0.3) is 5.91 Å². The molecule has 1 aromatic carbocycles. The SMILES string of the molecule is Cc1onc(-c2c(F)cccc2Cl)c1C(=O)NC(C)CN1CCCC(C)C1. The highest BCUT2D eigenvalue weighted by atomic mass is 35.5. The molecule has 1 saturated heterocycles. The zero-order valence-electron chi connectivity index (χ0n) is 15.9. The molecule has 7 heteroatoms. The molecule has 0 saturated carbocycles. The summed E-state index contributed by atoms with van der Waals surface area (Å²) < 4.78 is 19.5. The summed E-state index contributed by atoms with van der Waals surface area (Å²) in [5.41, 5.74) is 0.437. The second kappa shape index (κ2) is 8.40. The van der Waals surface area contributed by atoms with Crippen molar-refractivity contribution in [3.05, 3.63) is 40.4 Å². The molecule has 1 aliphatic heterocycles. The van der Waals surface area contributed by atoms with E-state index in [1.165, 1.54) is 25.0 Å². The molecular weight excluding hydrogens is 369 g/mol. The fourth-order valence-corrected chi connectivity index (χ4v) is 3.97. The van der Waals surface area contributed by atoms with Gasteiger partial charge in [0.2, 0.25) is 0 Å². The maximum Gasteiger partial charge on any atom is 0.257 e. The average molecular weight is 394 g/mol. The van der Waals surface area contributed by atoms with E-state index in [9.17, 15) is 9.18 Å². The van der Waals surface area contributed by atoms with E-state index in [4.69, 9.17) is 16.1 Å². The van der Waals surface area contributed by atoms with Crippen molar-refractivity contribution in [1.29, 1.82) is 0 Å². The Bertz CT molecular complexity index is 803. The third-order valence-corrected chi connectivity index (χ3v) is 5.26. The Morgan fingerprint density at radius 1 is 1.52 bits per heavy atom. The van der Waals surface area contributed by atoms with Crippen LogP contribution in [0.5, 0.6) is 0 Å². The molecule has 0 bridgehead atoms. The lowest BCUT2D eigenvalue weighted by Crippen LogP contribution is -2.45. The van der Waals surface area contributed by atoms with Crippen LogP contribution in [0.2, 0.25) is 5.02 Å². The summed E-state index contributed by atoms with van der Waals surface area (Å²) in [6, 6.07) is 4.30. The van der Waals surface area contributed by atoms with Crippen molar-refractivity contribution in [2.45, 2.75) is 39.7 Å². The smallest absolute Gasteiger partial charge is 0.257 e. The molecule has 3 rings (SSSR count). The predicted molar refractivity (Wildman–Crippen MR) is 103 cm³/mol. The van der Waals surface area contributed by atoms with Crippen molar-refractivity contribution in [2.24, 2.45) is 5.92 Å². The van der Waals surface area contributed by atoms with E-state index in [1.807, 2.05) is 6.92 Å². The molecule has 1 fully saturated rings. The van der Waals surface area contributed by atoms with Crippen LogP contribution in [0.1, 0.15) is 42.8 Å². The number of piperidine rings is 1. The Labute approximate surface area is 163 Å². The van der Waals surface area contributed by atoms with Crippen LogP contribution in [-0.2, 0) is 0 Å². The molecule has 1 amide bonds. The normalized spacial score (nSPS) is 19.1. The van der Waals surface area contributed by atoms with Gasteiger partial charge in [-0.1, -0.05) is 29.7 Å². The molecule has 1 aliphatic rings. The molecule has 0 aliphatic carbocycles. The Balaban J connectivity index is 1.76. The minimum atomic E-state index is -0.541. The highest BCUT2D eigenvalue weighted by Gasteiger charge is 2.27. The molecule has 0 radical (unpaired) electrons. The third kappa shape index (κ3) is 4.50. The monoisotopic (exact) mass is 393 g/mol. The minimum absolute atomic E-state index is 0.0546. The molecule has 1 aromatic heterocycles. The summed E-state index contributed by atoms with van der Waals surface area (Å²) >= 11 is 6.14. The highest BCUT2D eigenvalue weighted by molar-refractivity contribution is 6.33. The van der Waals surface area contributed by atoms with Crippen LogP contribution in [0.4, 0.5) is 4.39 Å². The summed E-state index contributed by atoms with van der Waals surface area (Å²) in [6.45, 7) is 8.72. The largest absolute Gasteiger partial charge is 0.360 e. The first-order valence-corrected chi connectivity index (χ1v) is 9.68. The van der Waals surface area contributed by atoms with Crippen molar-refractivity contribution in [3.8, 4) is 11.3 Å². The Morgan fingerprint density at radius 3 is 3.00 bits per heavy atom. The summed E-state index contributed by atoms with van der Waals surface area (Å²) in [4.78, 5) is 15.2. The number of likely N-dealkylation sites (tertiary alicyclic amines) is 1. The van der Waals surface area contributed by atoms with Crippen molar-refractivity contribution in [2.75, 3.05) is 19.6 Å². The number of aryl methyl sites for hydroxylation is 1. The fourth-order valence-electron chi connectivity index (χ4n) is 3.72. The van der Waals surface area contributed by atoms with Gasteiger partial charge in [-0.2, -0.15) is 0 Å². The number of hydrogen-bond donors (Lipinski definition) is 1. The first-order valence-electron chi connectivity index (χ1n) is 9.30. The van der Waals surface area contributed by atoms with Gasteiger partial charge in [-0.15, -0.1) is 0 Å². The zero-order chi connectivity index (χ0) is 19.6. The van der Waals surface area contributed by atoms with Crippen LogP contribution in [0.25, 0.3) is 11.3 Å². The lowest BCUT2D eigenvalue weighted by molar-refractivity contribution is 0.0919. The number of hydrogen-bond acceptors (Lipinski definition) is 4. The second-order valence-electron chi connectivity index (χ2n) is 7.44. The van der Waals surface area contributed by atoms with Gasteiger partial charge in [-0.3, -0.25) is 4.79 Å². The number of amides is 1. The quantitative estimate of drug-likeness (QED) is 0.823. The lowest BCUT2D eigenvalue weighted by atomic mass is 10.00. The van der Waals surface area contributed by atoms with Gasteiger partial charge in [0, 0.05) is 19.1 Å². The molecule has 27 heavy (non-hydrogen) atoms. The van der Waals surface area contributed by atoms with Crippen LogP contribution in [0, 0.1) is 18.7 Å². The molecule has 2 aromatic rings. The summed E-state index contributed by atoms with van der Waals surface area (Å²) in [5.74, 6) is 0.137. The summed E-state index contributed by atoms with van der Waals surface area (Å²) in [7, 11) is 0. The highest BCUT2D eigenvalue weighted by Crippen LogP contribution is 2.33. The molecule has 5 nitrogen and oxygen atoms in total. The van der Waals surface area contributed by atoms with Crippen molar-refractivity contribution < 1.29 is 13.7 Å². The Hall–Kier alpha value is -1.92. The average Bonchev–Trinajstić information content (AvgIpc) is 2.96. The van der Waals surface area contributed by atoms with Gasteiger partial charge in [0.15, 0.2) is 0 Å². The van der Waals surface area contributed by atoms with Gasteiger partial charge in [0.1, 0.15) is 22.8 Å². The molecule has 2 atom stereocenters. The third-order valence-electron chi connectivity index (χ3n) is 4.94. The number of nitrogens with one attached hydrogen (secondary N) is 1. The van der Waals surface area contributed by atoms with Gasteiger partial charge in [-0.05, 0) is 51.3 Å². The summed E-state index contributed by atoms with van der Waals surface area (Å²) in [6.07, 6.45) is 2.44. The minimum Gasteiger partial charge on any atom is -0.360 e. The Kier molecular flexibility index (Phi) is 6.17. The first kappa shape index (κ1) is 19.8. The Morgan fingerprint density at radius 2 is 2.30 bits per heavy atom. The standard InChI is InChI=1S/C20H25ClFN3O2/c1-12-6-5-9-25(10-12)11-13(2)23-20(26)17-14(3)27-24-19(17)18-15(21)7-4-8-16(18)22/h4,7-8,12-13H,5-6,9-11H2,1-3H3,(H,23,26). The lowest BCUT2D eigenvalue weighted by Gasteiger charge is -2.32. The topological polar surface area (TPSA) is 58.4 Å². The van der Waals surface area contributed by atoms with E-state index >= 15 is 0 Å². The zero-order valence-corrected chi connectivity index (χ0v) is 16.6. The first-order chi connectivity index (χ1) is 12.9. The molecular formula is C20H25ClFN3O2. The van der Waals surface area contributed by atoms with Crippen LogP contribution in [0.3, 0.4) is 0 Å². The molecule has 2 heterocycles. The van der Waals surface area contributed by atoms with Gasteiger partial charge in [0.05, 0.1) is 10.6 Å². The number of nitrogens with zero attached hydrogens (tertiary/aromatic N) is 2. The number of benzene rings is 1. The van der Waals surface area contributed by atoms with E-state index in [0.717, 1.165) is 19.6 Å².